The molecule has 1 fully saturated rings. The second-order valence-electron chi connectivity index (χ2n) is 4.09. The Kier molecular flexibility index (Phi) is 3.63. The van der Waals surface area contributed by atoms with Crippen molar-refractivity contribution in [1.82, 2.24) is 5.32 Å². The number of nitrogens with one attached hydrogen (secondary N) is 1. The van der Waals surface area contributed by atoms with Crippen molar-refractivity contribution in [3.05, 3.63) is 20.8 Å². The topological polar surface area (TPSA) is 12.0 Å². The van der Waals surface area contributed by atoms with Crippen LogP contribution in [0.1, 0.15) is 37.1 Å². The first-order valence-electron chi connectivity index (χ1n) is 5.23. The largest absolute Gasteiger partial charge is 0.309 e. The molecule has 0 aliphatic heterocycles. The zero-order valence-corrected chi connectivity index (χ0v) is 10.8. The van der Waals surface area contributed by atoms with E-state index in [1.807, 2.05) is 11.3 Å². The predicted molar refractivity (Wildman–Crippen MR) is 65.8 cm³/mol. The van der Waals surface area contributed by atoms with Crippen LogP contribution in [0.4, 0.5) is 0 Å². The molecule has 1 aliphatic carbocycles. The molecule has 1 nitrogen and oxygen atoms in total. The Hall–Kier alpha value is 0.140. The summed E-state index contributed by atoms with van der Waals surface area (Å²) in [5.41, 5.74) is 0. The fourth-order valence-corrected chi connectivity index (χ4v) is 3.17. The molecule has 0 amide bonds. The molecule has 0 saturated heterocycles. The molecule has 0 radical (unpaired) electrons. The van der Waals surface area contributed by atoms with Gasteiger partial charge in [0.25, 0.3) is 0 Å². The number of halogens is 1. The number of hydrogen-bond acceptors (Lipinski definition) is 2. The van der Waals surface area contributed by atoms with Crippen molar-refractivity contribution in [3.8, 4) is 0 Å². The first-order valence-corrected chi connectivity index (χ1v) is 6.90. The molecular formula is C11H16BrNS. The molecule has 1 heterocycles. The molecule has 0 spiro atoms. The van der Waals surface area contributed by atoms with Crippen LogP contribution in [0.25, 0.3) is 0 Å². The Labute approximate surface area is 98.0 Å². The Morgan fingerprint density at radius 3 is 2.93 bits per heavy atom. The molecule has 3 heteroatoms. The summed E-state index contributed by atoms with van der Waals surface area (Å²) < 4.78 is 1.20. The molecule has 0 aromatic carbocycles. The molecule has 1 aliphatic rings. The minimum atomic E-state index is 0.506. The highest BCUT2D eigenvalue weighted by Gasteiger charge is 2.18. The Morgan fingerprint density at radius 2 is 2.43 bits per heavy atom. The maximum absolute atomic E-state index is 3.60. The fraction of sp³-hybridized carbons (Fsp3) is 0.636. The van der Waals surface area contributed by atoms with Crippen LogP contribution in [0.5, 0.6) is 0 Å². The maximum Gasteiger partial charge on any atom is 0.0386 e. The third-order valence-corrected chi connectivity index (χ3v) is 4.83. The van der Waals surface area contributed by atoms with Crippen molar-refractivity contribution >= 4 is 27.3 Å². The van der Waals surface area contributed by atoms with E-state index in [-0.39, 0.29) is 0 Å². The van der Waals surface area contributed by atoms with E-state index in [1.54, 1.807) is 0 Å². The summed E-state index contributed by atoms with van der Waals surface area (Å²) in [6, 6.07) is 2.72. The monoisotopic (exact) mass is 273 g/mol. The van der Waals surface area contributed by atoms with Gasteiger partial charge in [-0.2, -0.15) is 0 Å². The van der Waals surface area contributed by atoms with Crippen molar-refractivity contribution < 1.29 is 0 Å². The molecule has 1 aromatic rings. The van der Waals surface area contributed by atoms with Gasteiger partial charge in [-0.25, -0.2) is 0 Å². The summed E-state index contributed by atoms with van der Waals surface area (Å²) >= 11 is 5.31. The van der Waals surface area contributed by atoms with Crippen LogP contribution in [0.2, 0.25) is 0 Å². The zero-order valence-electron chi connectivity index (χ0n) is 8.42. The van der Waals surface area contributed by atoms with Gasteiger partial charge in [-0.3, -0.25) is 0 Å². The van der Waals surface area contributed by atoms with Gasteiger partial charge in [-0.1, -0.05) is 6.42 Å². The minimum absolute atomic E-state index is 0.506. The maximum atomic E-state index is 3.60. The van der Waals surface area contributed by atoms with Crippen molar-refractivity contribution in [2.45, 2.75) is 32.2 Å². The van der Waals surface area contributed by atoms with E-state index in [4.69, 9.17) is 0 Å². The highest BCUT2D eigenvalue weighted by molar-refractivity contribution is 9.10. The van der Waals surface area contributed by atoms with Crippen LogP contribution in [0.15, 0.2) is 15.9 Å². The quantitative estimate of drug-likeness (QED) is 0.876. The van der Waals surface area contributed by atoms with Gasteiger partial charge in [0.2, 0.25) is 0 Å². The van der Waals surface area contributed by atoms with E-state index in [2.05, 4.69) is 39.6 Å². The summed E-state index contributed by atoms with van der Waals surface area (Å²) in [5.74, 6) is 0.945. The van der Waals surface area contributed by atoms with E-state index in [1.165, 1.54) is 35.2 Å². The van der Waals surface area contributed by atoms with Crippen LogP contribution >= 0.6 is 27.3 Å². The Balaban J connectivity index is 1.79. The molecule has 2 rings (SSSR count). The lowest BCUT2D eigenvalue weighted by molar-refractivity contribution is 0.293. The lowest BCUT2D eigenvalue weighted by Crippen LogP contribution is -2.28. The molecule has 78 valence electrons. The van der Waals surface area contributed by atoms with Crippen LogP contribution in [-0.4, -0.2) is 6.54 Å². The summed E-state index contributed by atoms with van der Waals surface area (Å²) in [6.07, 6.45) is 4.28. The van der Waals surface area contributed by atoms with Crippen molar-refractivity contribution in [2.75, 3.05) is 6.54 Å². The Bertz CT molecular complexity index is 293. The van der Waals surface area contributed by atoms with Gasteiger partial charge in [-0.15, -0.1) is 11.3 Å². The van der Waals surface area contributed by atoms with Crippen LogP contribution < -0.4 is 5.32 Å². The molecule has 1 saturated carbocycles. The van der Waals surface area contributed by atoms with Gasteiger partial charge in [0, 0.05) is 20.8 Å². The van der Waals surface area contributed by atoms with Crippen LogP contribution in [0, 0.1) is 5.92 Å². The van der Waals surface area contributed by atoms with Crippen molar-refractivity contribution in [2.24, 2.45) is 5.92 Å². The van der Waals surface area contributed by atoms with E-state index < -0.39 is 0 Å². The summed E-state index contributed by atoms with van der Waals surface area (Å²) in [6.45, 7) is 3.44. The fourth-order valence-electron chi connectivity index (χ4n) is 1.70. The normalized spacial score (nSPS) is 19.3. The summed E-state index contributed by atoms with van der Waals surface area (Å²) in [7, 11) is 0. The molecule has 1 aromatic heterocycles. The first-order chi connectivity index (χ1) is 6.75. The molecule has 1 N–H and O–H groups in total. The molecule has 1 unspecified atom stereocenters. The van der Waals surface area contributed by atoms with E-state index >= 15 is 0 Å². The van der Waals surface area contributed by atoms with E-state index in [0.717, 1.165) is 5.92 Å². The minimum Gasteiger partial charge on any atom is -0.309 e. The molecule has 14 heavy (non-hydrogen) atoms. The third-order valence-electron chi connectivity index (χ3n) is 2.95. The van der Waals surface area contributed by atoms with Gasteiger partial charge in [0.15, 0.2) is 0 Å². The van der Waals surface area contributed by atoms with Gasteiger partial charge in [-0.05, 0) is 54.2 Å². The average Bonchev–Trinajstić information content (AvgIpc) is 2.49. The zero-order chi connectivity index (χ0) is 9.97. The predicted octanol–water partition coefficient (Wildman–Crippen LogP) is 3.96. The van der Waals surface area contributed by atoms with Crippen molar-refractivity contribution in [3.63, 3.8) is 0 Å². The van der Waals surface area contributed by atoms with Gasteiger partial charge < -0.3 is 5.32 Å². The SMILES string of the molecule is CC(NCC1CCC1)c1cc(Br)cs1. The lowest BCUT2D eigenvalue weighted by Gasteiger charge is -2.27. The lowest BCUT2D eigenvalue weighted by atomic mass is 9.85. The smallest absolute Gasteiger partial charge is 0.0386 e. The first kappa shape index (κ1) is 10.7. The van der Waals surface area contributed by atoms with Gasteiger partial charge in [0.05, 0.1) is 0 Å². The molecule has 1 atom stereocenters. The summed E-state index contributed by atoms with van der Waals surface area (Å²) in [5, 5.41) is 5.75. The van der Waals surface area contributed by atoms with E-state index in [0.29, 0.717) is 6.04 Å². The average molecular weight is 274 g/mol. The van der Waals surface area contributed by atoms with E-state index in [9.17, 15) is 0 Å². The number of rotatable bonds is 4. The Morgan fingerprint density at radius 1 is 1.64 bits per heavy atom. The highest BCUT2D eigenvalue weighted by Crippen LogP contribution is 2.28. The second kappa shape index (κ2) is 4.77. The molecule has 0 bridgehead atoms. The third kappa shape index (κ3) is 2.59. The summed E-state index contributed by atoms with van der Waals surface area (Å²) in [4.78, 5) is 1.43. The van der Waals surface area contributed by atoms with Crippen LogP contribution in [0.3, 0.4) is 0 Å². The number of hydrogen-bond donors (Lipinski definition) is 1. The molecular weight excluding hydrogens is 258 g/mol. The number of thiophene rings is 1. The van der Waals surface area contributed by atoms with Crippen molar-refractivity contribution in [1.29, 1.82) is 0 Å². The second-order valence-corrected chi connectivity index (χ2v) is 5.95. The highest BCUT2D eigenvalue weighted by atomic mass is 79.9. The van der Waals surface area contributed by atoms with Crippen LogP contribution in [-0.2, 0) is 0 Å². The van der Waals surface area contributed by atoms with Gasteiger partial charge in [0.1, 0.15) is 0 Å². The van der Waals surface area contributed by atoms with Gasteiger partial charge >= 0.3 is 0 Å². The standard InChI is InChI=1S/C11H16BrNS/c1-8(11-5-10(12)7-14-11)13-6-9-3-2-4-9/h5,7-9,13H,2-4,6H2,1H3.